The van der Waals surface area contributed by atoms with E-state index in [-0.39, 0.29) is 11.6 Å². The summed E-state index contributed by atoms with van der Waals surface area (Å²) in [5, 5.41) is 0.761. The van der Waals surface area contributed by atoms with E-state index in [1.54, 1.807) is 42.2 Å². The number of nitrogens with one attached hydrogen (secondary N) is 1. The van der Waals surface area contributed by atoms with Crippen LogP contribution in [0.2, 0.25) is 10.0 Å². The minimum absolute atomic E-state index is 0.150. The number of hydrogen-bond donors (Lipinski definition) is 1. The Hall–Kier alpha value is -1.15. The number of nitrogens with zero attached hydrogens (tertiary/aromatic N) is 1. The fraction of sp³-hybridized carbons (Fsp3) is 0.312. The summed E-state index contributed by atoms with van der Waals surface area (Å²) in [6.45, 7) is 2.09. The molecule has 0 aliphatic heterocycles. The molecule has 1 heterocycles. The lowest BCUT2D eigenvalue weighted by atomic mass is 10.2. The third kappa shape index (κ3) is 6.26. The second-order valence-electron chi connectivity index (χ2n) is 5.21. The van der Waals surface area contributed by atoms with Gasteiger partial charge >= 0.3 is 0 Å². The summed E-state index contributed by atoms with van der Waals surface area (Å²) in [7, 11) is -2.23. The first-order chi connectivity index (χ1) is 11.8. The Balaban J connectivity index is 2.19. The molecule has 2 rings (SSSR count). The van der Waals surface area contributed by atoms with Crippen LogP contribution in [0.1, 0.15) is 18.9 Å². The zero-order valence-corrected chi connectivity index (χ0v) is 16.9. The van der Waals surface area contributed by atoms with Crippen LogP contribution in [-0.4, -0.2) is 26.3 Å². The van der Waals surface area contributed by atoms with E-state index >= 15 is 0 Å². The first-order valence-electron chi connectivity index (χ1n) is 7.45. The highest BCUT2D eigenvalue weighted by molar-refractivity contribution is 7.99. The van der Waals surface area contributed by atoms with Crippen LogP contribution >= 0.6 is 35.0 Å². The predicted molar refractivity (Wildman–Crippen MR) is 105 cm³/mol. The van der Waals surface area contributed by atoms with Gasteiger partial charge in [-0.3, -0.25) is 4.72 Å². The maximum atomic E-state index is 12.4. The smallest absolute Gasteiger partial charge is 0.238 e. The minimum atomic E-state index is -3.70. The van der Waals surface area contributed by atoms with E-state index in [1.807, 2.05) is 0 Å². The van der Waals surface area contributed by atoms with Gasteiger partial charge in [0.25, 0.3) is 0 Å². The summed E-state index contributed by atoms with van der Waals surface area (Å²) >= 11 is 13.5. The molecule has 0 saturated heterocycles. The highest BCUT2D eigenvalue weighted by Crippen LogP contribution is 2.29. The van der Waals surface area contributed by atoms with E-state index in [2.05, 4.69) is 16.6 Å². The molecule has 0 aliphatic rings. The molecule has 136 valence electrons. The van der Waals surface area contributed by atoms with Gasteiger partial charge in [0.2, 0.25) is 10.0 Å². The Morgan fingerprint density at radius 3 is 2.48 bits per heavy atom. The SMILES string of the molecule is CCCSc1cnc(NS(=O)(=O)Cc2cc(Cl)cc(Cl)c2)c(OC)c1. The van der Waals surface area contributed by atoms with Gasteiger partial charge < -0.3 is 4.74 Å². The number of benzene rings is 1. The number of ether oxygens (including phenoxy) is 1. The molecule has 0 amide bonds. The van der Waals surface area contributed by atoms with E-state index in [0.717, 1.165) is 17.1 Å². The molecule has 1 N–H and O–H groups in total. The molecule has 0 radical (unpaired) electrons. The third-order valence-electron chi connectivity index (χ3n) is 3.05. The first kappa shape index (κ1) is 20.2. The Labute approximate surface area is 162 Å². The minimum Gasteiger partial charge on any atom is -0.493 e. The van der Waals surface area contributed by atoms with Crippen LogP contribution in [0.25, 0.3) is 0 Å². The second kappa shape index (κ2) is 8.98. The molecule has 1 aromatic carbocycles. The highest BCUT2D eigenvalue weighted by atomic mass is 35.5. The van der Waals surface area contributed by atoms with Crippen LogP contribution in [0.5, 0.6) is 5.75 Å². The molecule has 0 atom stereocenters. The number of aromatic nitrogens is 1. The predicted octanol–water partition coefficient (Wildman–Crippen LogP) is 4.84. The van der Waals surface area contributed by atoms with Gasteiger partial charge in [0.15, 0.2) is 11.6 Å². The maximum Gasteiger partial charge on any atom is 0.238 e. The van der Waals surface area contributed by atoms with E-state index in [1.165, 1.54) is 7.11 Å². The largest absolute Gasteiger partial charge is 0.493 e. The van der Waals surface area contributed by atoms with Gasteiger partial charge in [-0.05, 0) is 42.0 Å². The summed E-state index contributed by atoms with van der Waals surface area (Å²) in [4.78, 5) is 5.10. The van der Waals surface area contributed by atoms with Crippen molar-refractivity contribution < 1.29 is 13.2 Å². The Morgan fingerprint density at radius 1 is 1.20 bits per heavy atom. The van der Waals surface area contributed by atoms with Gasteiger partial charge in [0, 0.05) is 21.1 Å². The fourth-order valence-corrected chi connectivity index (χ4v) is 4.51. The van der Waals surface area contributed by atoms with Crippen molar-refractivity contribution >= 4 is 50.8 Å². The van der Waals surface area contributed by atoms with Crippen LogP contribution in [-0.2, 0) is 15.8 Å². The molecule has 0 spiro atoms. The van der Waals surface area contributed by atoms with Crippen molar-refractivity contribution in [3.8, 4) is 5.75 Å². The molecule has 0 aliphatic carbocycles. The van der Waals surface area contributed by atoms with Crippen molar-refractivity contribution in [2.24, 2.45) is 0 Å². The average molecular weight is 421 g/mol. The van der Waals surface area contributed by atoms with Crippen LogP contribution in [0.15, 0.2) is 35.4 Å². The first-order valence-corrected chi connectivity index (χ1v) is 10.8. The van der Waals surface area contributed by atoms with E-state index < -0.39 is 10.0 Å². The van der Waals surface area contributed by atoms with Gasteiger partial charge in [-0.25, -0.2) is 13.4 Å². The standard InChI is InChI=1S/C16H18Cl2N2O3S2/c1-3-4-24-14-8-15(23-2)16(19-9-14)20-25(21,22)10-11-5-12(17)7-13(18)6-11/h5-9H,3-4,10H2,1-2H3,(H,19,20). The number of rotatable bonds is 8. The molecule has 1 aromatic heterocycles. The van der Waals surface area contributed by atoms with Gasteiger partial charge in [-0.2, -0.15) is 0 Å². The lowest BCUT2D eigenvalue weighted by Crippen LogP contribution is -2.16. The Bertz CT molecular complexity index is 825. The van der Waals surface area contributed by atoms with Crippen LogP contribution in [0.4, 0.5) is 5.82 Å². The van der Waals surface area contributed by atoms with E-state index in [0.29, 0.717) is 21.4 Å². The number of hydrogen-bond acceptors (Lipinski definition) is 5. The quantitative estimate of drug-likeness (QED) is 0.618. The number of methoxy groups -OCH3 is 1. The fourth-order valence-electron chi connectivity index (χ4n) is 2.05. The molecule has 0 unspecified atom stereocenters. The monoisotopic (exact) mass is 420 g/mol. The molecular weight excluding hydrogens is 403 g/mol. The van der Waals surface area contributed by atoms with Crippen molar-refractivity contribution in [1.29, 1.82) is 0 Å². The number of anilines is 1. The second-order valence-corrected chi connectivity index (χ2v) is 8.97. The Kier molecular flexibility index (Phi) is 7.25. The topological polar surface area (TPSA) is 68.3 Å². The van der Waals surface area contributed by atoms with Crippen molar-refractivity contribution in [1.82, 2.24) is 4.98 Å². The van der Waals surface area contributed by atoms with E-state index in [4.69, 9.17) is 27.9 Å². The summed E-state index contributed by atoms with van der Waals surface area (Å²) in [6.07, 6.45) is 2.65. The normalized spacial score (nSPS) is 11.4. The lowest BCUT2D eigenvalue weighted by Gasteiger charge is -2.12. The number of thioether (sulfide) groups is 1. The van der Waals surface area contributed by atoms with Crippen molar-refractivity contribution in [3.05, 3.63) is 46.1 Å². The Morgan fingerprint density at radius 2 is 1.88 bits per heavy atom. The summed E-state index contributed by atoms with van der Waals surface area (Å²) in [5.41, 5.74) is 0.485. The lowest BCUT2D eigenvalue weighted by molar-refractivity contribution is 0.414. The van der Waals surface area contributed by atoms with Crippen molar-refractivity contribution in [3.63, 3.8) is 0 Å². The van der Waals surface area contributed by atoms with Gasteiger partial charge in [-0.1, -0.05) is 30.1 Å². The van der Waals surface area contributed by atoms with Crippen molar-refractivity contribution in [2.45, 2.75) is 24.0 Å². The number of pyridine rings is 1. The highest BCUT2D eigenvalue weighted by Gasteiger charge is 2.17. The average Bonchev–Trinajstić information content (AvgIpc) is 2.52. The summed E-state index contributed by atoms with van der Waals surface area (Å²) < 4.78 is 32.5. The van der Waals surface area contributed by atoms with Crippen LogP contribution in [0, 0.1) is 0 Å². The maximum absolute atomic E-state index is 12.4. The molecule has 5 nitrogen and oxygen atoms in total. The molecule has 25 heavy (non-hydrogen) atoms. The molecule has 0 fully saturated rings. The number of halogens is 2. The summed E-state index contributed by atoms with van der Waals surface area (Å²) in [5.74, 6) is 1.20. The zero-order valence-electron chi connectivity index (χ0n) is 13.8. The van der Waals surface area contributed by atoms with Gasteiger partial charge in [-0.15, -0.1) is 11.8 Å². The molecule has 0 bridgehead atoms. The van der Waals surface area contributed by atoms with Crippen LogP contribution in [0.3, 0.4) is 0 Å². The zero-order chi connectivity index (χ0) is 18.4. The molecule has 2 aromatic rings. The number of sulfonamides is 1. The van der Waals surface area contributed by atoms with Gasteiger partial charge in [0.05, 0.1) is 12.9 Å². The van der Waals surface area contributed by atoms with Crippen molar-refractivity contribution in [2.75, 3.05) is 17.6 Å². The molecule has 0 saturated carbocycles. The van der Waals surface area contributed by atoms with Crippen LogP contribution < -0.4 is 9.46 Å². The van der Waals surface area contributed by atoms with Gasteiger partial charge in [0.1, 0.15) is 0 Å². The van der Waals surface area contributed by atoms with E-state index in [9.17, 15) is 8.42 Å². The molecular formula is C16H18Cl2N2O3S2. The third-order valence-corrected chi connectivity index (χ3v) is 5.87. The summed E-state index contributed by atoms with van der Waals surface area (Å²) in [6, 6.07) is 6.43. The molecule has 9 heteroatoms.